The molecule has 0 aliphatic rings. The molecule has 1 N–H and O–H groups in total. The van der Waals surface area contributed by atoms with Crippen LogP contribution in [0.4, 0.5) is 8.78 Å². The molecule has 1 unspecified atom stereocenters. The zero-order valence-electron chi connectivity index (χ0n) is 10.1. The summed E-state index contributed by atoms with van der Waals surface area (Å²) in [5, 5.41) is 3.21. The van der Waals surface area contributed by atoms with Crippen molar-refractivity contribution >= 4 is 11.6 Å². The van der Waals surface area contributed by atoms with Crippen molar-refractivity contribution in [3.05, 3.63) is 35.4 Å². The van der Waals surface area contributed by atoms with Crippen molar-refractivity contribution in [1.82, 2.24) is 5.32 Å². The molecule has 17 heavy (non-hydrogen) atoms. The molecule has 0 aliphatic carbocycles. The Labute approximate surface area is 106 Å². The van der Waals surface area contributed by atoms with Crippen molar-refractivity contribution in [3.63, 3.8) is 0 Å². The maximum absolute atomic E-state index is 13.4. The minimum absolute atomic E-state index is 0.218. The summed E-state index contributed by atoms with van der Waals surface area (Å²) in [5.74, 6) is 0.167. The number of alkyl halides is 1. The van der Waals surface area contributed by atoms with Crippen LogP contribution in [0.15, 0.2) is 18.2 Å². The van der Waals surface area contributed by atoms with E-state index in [-0.39, 0.29) is 11.9 Å². The number of halogens is 3. The van der Waals surface area contributed by atoms with Crippen molar-refractivity contribution in [2.24, 2.45) is 5.92 Å². The molecule has 0 heterocycles. The van der Waals surface area contributed by atoms with Crippen LogP contribution in [0, 0.1) is 17.6 Å². The first kappa shape index (κ1) is 14.4. The van der Waals surface area contributed by atoms with Gasteiger partial charge in [-0.3, -0.25) is 0 Å². The van der Waals surface area contributed by atoms with Crippen molar-refractivity contribution in [3.8, 4) is 0 Å². The normalized spacial score (nSPS) is 13.1. The van der Waals surface area contributed by atoms with Gasteiger partial charge in [0.05, 0.1) is 0 Å². The minimum Gasteiger partial charge on any atom is -0.310 e. The number of hydrogen-bond donors (Lipinski definition) is 1. The van der Waals surface area contributed by atoms with Crippen LogP contribution in [-0.4, -0.2) is 11.9 Å². The maximum atomic E-state index is 13.4. The third-order valence-electron chi connectivity index (χ3n) is 2.79. The van der Waals surface area contributed by atoms with Gasteiger partial charge in [0, 0.05) is 24.0 Å². The van der Waals surface area contributed by atoms with Crippen LogP contribution >= 0.6 is 11.6 Å². The number of benzene rings is 1. The zero-order chi connectivity index (χ0) is 12.8. The number of rotatable bonds is 6. The summed E-state index contributed by atoms with van der Waals surface area (Å²) >= 11 is 5.70. The molecule has 1 nitrogen and oxygen atoms in total. The van der Waals surface area contributed by atoms with Crippen LogP contribution in [-0.2, 0) is 6.54 Å². The highest BCUT2D eigenvalue weighted by molar-refractivity contribution is 6.17. The van der Waals surface area contributed by atoms with Crippen LogP contribution in [0.1, 0.15) is 25.8 Å². The van der Waals surface area contributed by atoms with Gasteiger partial charge >= 0.3 is 0 Å². The molecule has 0 fully saturated rings. The average molecular weight is 262 g/mol. The van der Waals surface area contributed by atoms with Gasteiger partial charge in [-0.2, -0.15) is 0 Å². The summed E-state index contributed by atoms with van der Waals surface area (Å²) in [6, 6.07) is 3.71. The Kier molecular flexibility index (Phi) is 5.86. The van der Waals surface area contributed by atoms with E-state index < -0.39 is 5.82 Å². The molecule has 0 aliphatic heterocycles. The van der Waals surface area contributed by atoms with Gasteiger partial charge in [0.25, 0.3) is 0 Å². The van der Waals surface area contributed by atoms with E-state index in [0.29, 0.717) is 23.9 Å². The third kappa shape index (κ3) is 4.60. The second kappa shape index (κ2) is 6.92. The van der Waals surface area contributed by atoms with Crippen LogP contribution < -0.4 is 5.32 Å². The highest BCUT2D eigenvalue weighted by Gasteiger charge is 2.13. The van der Waals surface area contributed by atoms with Crippen molar-refractivity contribution < 1.29 is 8.78 Å². The van der Waals surface area contributed by atoms with Gasteiger partial charge in [0.1, 0.15) is 11.6 Å². The van der Waals surface area contributed by atoms with Gasteiger partial charge in [-0.05, 0) is 30.5 Å². The van der Waals surface area contributed by atoms with Gasteiger partial charge in [0.2, 0.25) is 0 Å². The molecule has 96 valence electrons. The standard InChI is InChI=1S/C13H18ClF2N/c1-9(2)13(5-6-14)17-8-10-7-11(15)3-4-12(10)16/h3-4,7,9,13,17H,5-6,8H2,1-2H3. The largest absolute Gasteiger partial charge is 0.310 e. The Morgan fingerprint density at radius 2 is 2.00 bits per heavy atom. The Hall–Kier alpha value is -0.670. The second-order valence-electron chi connectivity index (χ2n) is 4.44. The molecule has 1 aromatic rings. The van der Waals surface area contributed by atoms with Crippen molar-refractivity contribution in [2.45, 2.75) is 32.9 Å². The maximum Gasteiger partial charge on any atom is 0.127 e. The molecule has 0 aromatic heterocycles. The smallest absolute Gasteiger partial charge is 0.127 e. The Bertz CT molecular complexity index is 355. The first-order valence-electron chi connectivity index (χ1n) is 5.78. The van der Waals surface area contributed by atoms with E-state index in [4.69, 9.17) is 11.6 Å². The van der Waals surface area contributed by atoms with Crippen LogP contribution in [0.25, 0.3) is 0 Å². The van der Waals surface area contributed by atoms with E-state index in [2.05, 4.69) is 19.2 Å². The predicted molar refractivity (Wildman–Crippen MR) is 67.2 cm³/mol. The minimum atomic E-state index is -0.415. The van der Waals surface area contributed by atoms with Crippen molar-refractivity contribution in [1.29, 1.82) is 0 Å². The van der Waals surface area contributed by atoms with E-state index in [1.807, 2.05) is 0 Å². The molecular formula is C13H18ClF2N. The molecule has 1 aromatic carbocycles. The molecule has 0 bridgehead atoms. The molecule has 1 rings (SSSR count). The van der Waals surface area contributed by atoms with E-state index in [1.54, 1.807) is 0 Å². The highest BCUT2D eigenvalue weighted by Crippen LogP contribution is 2.12. The number of hydrogen-bond acceptors (Lipinski definition) is 1. The lowest BCUT2D eigenvalue weighted by molar-refractivity contribution is 0.385. The van der Waals surface area contributed by atoms with E-state index >= 15 is 0 Å². The van der Waals surface area contributed by atoms with Crippen LogP contribution in [0.2, 0.25) is 0 Å². The lowest BCUT2D eigenvalue weighted by Crippen LogP contribution is -2.34. The molecule has 4 heteroatoms. The quantitative estimate of drug-likeness (QED) is 0.770. The monoisotopic (exact) mass is 261 g/mol. The van der Waals surface area contributed by atoms with E-state index in [9.17, 15) is 8.78 Å². The summed E-state index contributed by atoms with van der Waals surface area (Å²) in [6.07, 6.45) is 0.816. The third-order valence-corrected chi connectivity index (χ3v) is 3.01. The lowest BCUT2D eigenvalue weighted by atomic mass is 10.0. The van der Waals surface area contributed by atoms with Crippen molar-refractivity contribution in [2.75, 3.05) is 5.88 Å². The first-order valence-corrected chi connectivity index (χ1v) is 6.31. The van der Waals surface area contributed by atoms with Gasteiger partial charge in [0.15, 0.2) is 0 Å². The van der Waals surface area contributed by atoms with E-state index in [1.165, 1.54) is 6.07 Å². The molecular weight excluding hydrogens is 244 g/mol. The second-order valence-corrected chi connectivity index (χ2v) is 4.82. The molecule has 0 spiro atoms. The van der Waals surface area contributed by atoms with Gasteiger partial charge in [-0.1, -0.05) is 13.8 Å². The molecule has 0 amide bonds. The van der Waals surface area contributed by atoms with Gasteiger partial charge < -0.3 is 5.32 Å². The Balaban J connectivity index is 2.61. The SMILES string of the molecule is CC(C)C(CCCl)NCc1cc(F)ccc1F. The van der Waals surface area contributed by atoms with Crippen LogP contribution in [0.5, 0.6) is 0 Å². The van der Waals surface area contributed by atoms with Gasteiger partial charge in [-0.25, -0.2) is 8.78 Å². The summed E-state index contributed by atoms with van der Waals surface area (Å²) in [4.78, 5) is 0. The molecule has 1 atom stereocenters. The molecule has 0 radical (unpaired) electrons. The number of nitrogens with one attached hydrogen (secondary N) is 1. The lowest BCUT2D eigenvalue weighted by Gasteiger charge is -2.21. The first-order chi connectivity index (χ1) is 8.04. The fourth-order valence-corrected chi connectivity index (χ4v) is 1.94. The molecule has 0 saturated heterocycles. The fraction of sp³-hybridized carbons (Fsp3) is 0.538. The summed E-state index contributed by atoms with van der Waals surface area (Å²) in [5.41, 5.74) is 0.352. The summed E-state index contributed by atoms with van der Waals surface area (Å²) < 4.78 is 26.3. The summed E-state index contributed by atoms with van der Waals surface area (Å²) in [6.45, 7) is 4.47. The summed E-state index contributed by atoms with van der Waals surface area (Å²) in [7, 11) is 0. The Morgan fingerprint density at radius 1 is 1.29 bits per heavy atom. The van der Waals surface area contributed by atoms with Gasteiger partial charge in [-0.15, -0.1) is 11.6 Å². The average Bonchev–Trinajstić information content (AvgIpc) is 2.28. The topological polar surface area (TPSA) is 12.0 Å². The fourth-order valence-electron chi connectivity index (χ4n) is 1.71. The molecule has 0 saturated carbocycles. The van der Waals surface area contributed by atoms with E-state index in [0.717, 1.165) is 18.6 Å². The zero-order valence-corrected chi connectivity index (χ0v) is 10.9. The van der Waals surface area contributed by atoms with Crippen LogP contribution in [0.3, 0.4) is 0 Å². The predicted octanol–water partition coefficient (Wildman–Crippen LogP) is 3.71. The highest BCUT2D eigenvalue weighted by atomic mass is 35.5. The Morgan fingerprint density at radius 3 is 2.59 bits per heavy atom.